The summed E-state index contributed by atoms with van der Waals surface area (Å²) < 4.78 is 0. The molecule has 1 aromatic rings. The summed E-state index contributed by atoms with van der Waals surface area (Å²) in [5, 5.41) is 2.81. The van der Waals surface area contributed by atoms with E-state index in [0.717, 1.165) is 25.9 Å². The van der Waals surface area contributed by atoms with Gasteiger partial charge in [0.2, 0.25) is 5.91 Å². The van der Waals surface area contributed by atoms with E-state index in [9.17, 15) is 9.59 Å². The number of carbonyl (C=O) groups is 2. The van der Waals surface area contributed by atoms with Gasteiger partial charge in [-0.25, -0.2) is 0 Å². The van der Waals surface area contributed by atoms with Crippen LogP contribution < -0.4 is 11.1 Å². The monoisotopic (exact) mass is 289 g/mol. The minimum Gasteiger partial charge on any atom is -0.339 e. The van der Waals surface area contributed by atoms with Crippen LogP contribution >= 0.6 is 0 Å². The molecule has 0 aliphatic carbocycles. The lowest BCUT2D eigenvalue weighted by Crippen LogP contribution is -2.34. The van der Waals surface area contributed by atoms with Gasteiger partial charge in [0, 0.05) is 30.4 Å². The number of hydrogen-bond donors (Lipinski definition) is 2. The topological polar surface area (TPSA) is 75.4 Å². The molecule has 5 heteroatoms. The standard InChI is InChI=1S/C16H23N3O2/c1-11(12(2)17)15(20)18-14-7-5-13(6-8-14)16(21)19-9-3-4-10-19/h5-8,11-12H,3-4,9-10,17H2,1-2H3,(H,18,20). The SMILES string of the molecule is CC(N)C(C)C(=O)Nc1ccc(C(=O)N2CCCC2)cc1. The van der Waals surface area contributed by atoms with Crippen molar-refractivity contribution >= 4 is 17.5 Å². The smallest absolute Gasteiger partial charge is 0.253 e. The molecule has 0 spiro atoms. The van der Waals surface area contributed by atoms with E-state index in [2.05, 4.69) is 5.32 Å². The molecule has 2 unspecified atom stereocenters. The van der Waals surface area contributed by atoms with Crippen LogP contribution in [0, 0.1) is 5.92 Å². The molecule has 114 valence electrons. The highest BCUT2D eigenvalue weighted by molar-refractivity contribution is 5.96. The van der Waals surface area contributed by atoms with E-state index in [-0.39, 0.29) is 23.8 Å². The molecule has 1 aliphatic rings. The quantitative estimate of drug-likeness (QED) is 0.888. The lowest BCUT2D eigenvalue weighted by Gasteiger charge is -2.17. The Morgan fingerprint density at radius 2 is 1.71 bits per heavy atom. The fraction of sp³-hybridized carbons (Fsp3) is 0.500. The molecule has 2 amide bonds. The summed E-state index contributed by atoms with van der Waals surface area (Å²) in [6.07, 6.45) is 2.16. The maximum atomic E-state index is 12.2. The molecule has 2 rings (SSSR count). The van der Waals surface area contributed by atoms with E-state index in [0.29, 0.717) is 11.3 Å². The second-order valence-corrected chi connectivity index (χ2v) is 5.71. The minimum absolute atomic E-state index is 0.0642. The molecule has 1 aromatic carbocycles. The van der Waals surface area contributed by atoms with Crippen molar-refractivity contribution in [2.75, 3.05) is 18.4 Å². The van der Waals surface area contributed by atoms with E-state index in [1.807, 2.05) is 11.8 Å². The Hall–Kier alpha value is -1.88. The second-order valence-electron chi connectivity index (χ2n) is 5.71. The zero-order valence-corrected chi connectivity index (χ0v) is 12.6. The molecule has 0 saturated carbocycles. The van der Waals surface area contributed by atoms with Crippen LogP contribution in [0.2, 0.25) is 0 Å². The number of benzene rings is 1. The fourth-order valence-corrected chi connectivity index (χ4v) is 2.29. The van der Waals surface area contributed by atoms with Crippen molar-refractivity contribution in [1.82, 2.24) is 4.90 Å². The molecule has 3 N–H and O–H groups in total. The molecular formula is C16H23N3O2. The van der Waals surface area contributed by atoms with E-state index in [1.165, 1.54) is 0 Å². The second kappa shape index (κ2) is 6.72. The van der Waals surface area contributed by atoms with E-state index < -0.39 is 0 Å². The van der Waals surface area contributed by atoms with Gasteiger partial charge >= 0.3 is 0 Å². The molecule has 0 radical (unpaired) electrons. The Morgan fingerprint density at radius 3 is 2.24 bits per heavy atom. The molecule has 1 fully saturated rings. The maximum absolute atomic E-state index is 12.2. The van der Waals surface area contributed by atoms with Crippen molar-refractivity contribution in [3.05, 3.63) is 29.8 Å². The third-order valence-corrected chi connectivity index (χ3v) is 3.99. The zero-order valence-electron chi connectivity index (χ0n) is 12.6. The molecule has 0 bridgehead atoms. The van der Waals surface area contributed by atoms with Crippen molar-refractivity contribution in [2.24, 2.45) is 11.7 Å². The molecule has 21 heavy (non-hydrogen) atoms. The first-order valence-corrected chi connectivity index (χ1v) is 7.45. The number of nitrogens with one attached hydrogen (secondary N) is 1. The largest absolute Gasteiger partial charge is 0.339 e. The maximum Gasteiger partial charge on any atom is 0.253 e. The molecule has 0 aromatic heterocycles. The fourth-order valence-electron chi connectivity index (χ4n) is 2.29. The number of nitrogens with zero attached hydrogens (tertiary/aromatic N) is 1. The number of amides is 2. The number of nitrogens with two attached hydrogens (primary N) is 1. The first-order chi connectivity index (χ1) is 9.99. The van der Waals surface area contributed by atoms with Crippen molar-refractivity contribution in [3.8, 4) is 0 Å². The summed E-state index contributed by atoms with van der Waals surface area (Å²) in [6, 6.07) is 6.84. The average Bonchev–Trinajstić information content (AvgIpc) is 3.00. The molecular weight excluding hydrogens is 266 g/mol. The van der Waals surface area contributed by atoms with E-state index in [1.54, 1.807) is 31.2 Å². The summed E-state index contributed by atoms with van der Waals surface area (Å²) in [6.45, 7) is 5.28. The predicted molar refractivity (Wildman–Crippen MR) is 83.0 cm³/mol. The van der Waals surface area contributed by atoms with Crippen LogP contribution in [-0.2, 0) is 4.79 Å². The molecule has 1 saturated heterocycles. The number of hydrogen-bond acceptors (Lipinski definition) is 3. The van der Waals surface area contributed by atoms with Crippen LogP contribution in [-0.4, -0.2) is 35.8 Å². The van der Waals surface area contributed by atoms with Gasteiger partial charge in [0.05, 0.1) is 5.92 Å². The zero-order chi connectivity index (χ0) is 15.4. The minimum atomic E-state index is -0.254. The average molecular weight is 289 g/mol. The van der Waals surface area contributed by atoms with Gasteiger partial charge < -0.3 is 16.0 Å². The number of likely N-dealkylation sites (tertiary alicyclic amines) is 1. The lowest BCUT2D eigenvalue weighted by molar-refractivity contribution is -0.119. The number of anilines is 1. The van der Waals surface area contributed by atoms with Gasteiger partial charge in [-0.1, -0.05) is 6.92 Å². The summed E-state index contributed by atoms with van der Waals surface area (Å²) in [7, 11) is 0. The van der Waals surface area contributed by atoms with Crippen molar-refractivity contribution in [3.63, 3.8) is 0 Å². The molecule has 1 heterocycles. The lowest BCUT2D eigenvalue weighted by atomic mass is 10.0. The first-order valence-electron chi connectivity index (χ1n) is 7.45. The first kappa shape index (κ1) is 15.5. The Bertz CT molecular complexity index is 505. The third kappa shape index (κ3) is 3.82. The summed E-state index contributed by atoms with van der Waals surface area (Å²) in [5.74, 6) is -0.297. The summed E-state index contributed by atoms with van der Waals surface area (Å²) >= 11 is 0. The number of carbonyl (C=O) groups excluding carboxylic acids is 2. The van der Waals surface area contributed by atoms with Gasteiger partial charge in [-0.15, -0.1) is 0 Å². The number of rotatable bonds is 4. The Labute approximate surface area is 125 Å². The van der Waals surface area contributed by atoms with Crippen molar-refractivity contribution < 1.29 is 9.59 Å². The normalized spacial score (nSPS) is 17.4. The van der Waals surface area contributed by atoms with E-state index in [4.69, 9.17) is 5.73 Å². The predicted octanol–water partition coefficient (Wildman–Crippen LogP) is 1.84. The van der Waals surface area contributed by atoms with Crippen LogP contribution in [0.3, 0.4) is 0 Å². The van der Waals surface area contributed by atoms with Gasteiger partial charge in [0.25, 0.3) is 5.91 Å². The van der Waals surface area contributed by atoms with Crippen molar-refractivity contribution in [2.45, 2.75) is 32.7 Å². The van der Waals surface area contributed by atoms with Gasteiger partial charge in [-0.05, 0) is 44.0 Å². The highest BCUT2D eigenvalue weighted by Gasteiger charge is 2.20. The van der Waals surface area contributed by atoms with Crippen LogP contribution in [0.5, 0.6) is 0 Å². The molecule has 5 nitrogen and oxygen atoms in total. The molecule has 2 atom stereocenters. The van der Waals surface area contributed by atoms with Crippen LogP contribution in [0.1, 0.15) is 37.0 Å². The highest BCUT2D eigenvalue weighted by Crippen LogP contribution is 2.16. The van der Waals surface area contributed by atoms with Gasteiger partial charge in [0.1, 0.15) is 0 Å². The Morgan fingerprint density at radius 1 is 1.14 bits per heavy atom. The van der Waals surface area contributed by atoms with Crippen LogP contribution in [0.15, 0.2) is 24.3 Å². The molecule has 1 aliphatic heterocycles. The van der Waals surface area contributed by atoms with Gasteiger partial charge in [-0.2, -0.15) is 0 Å². The third-order valence-electron chi connectivity index (χ3n) is 3.99. The van der Waals surface area contributed by atoms with Crippen LogP contribution in [0.4, 0.5) is 5.69 Å². The van der Waals surface area contributed by atoms with Crippen LogP contribution in [0.25, 0.3) is 0 Å². The van der Waals surface area contributed by atoms with Gasteiger partial charge in [-0.3, -0.25) is 9.59 Å². The Balaban J connectivity index is 1.98. The Kier molecular flexibility index (Phi) is 4.96. The highest BCUT2D eigenvalue weighted by atomic mass is 16.2. The van der Waals surface area contributed by atoms with Crippen molar-refractivity contribution in [1.29, 1.82) is 0 Å². The summed E-state index contributed by atoms with van der Waals surface area (Å²) in [5.41, 5.74) is 7.06. The van der Waals surface area contributed by atoms with E-state index >= 15 is 0 Å². The van der Waals surface area contributed by atoms with Gasteiger partial charge in [0.15, 0.2) is 0 Å². The summed E-state index contributed by atoms with van der Waals surface area (Å²) in [4.78, 5) is 26.0.